The maximum Gasteiger partial charge on any atom is 0.167 e. The molecule has 0 aromatic heterocycles. The average molecular weight is 240 g/mol. The van der Waals surface area contributed by atoms with E-state index in [4.69, 9.17) is 4.74 Å². The molecule has 1 aliphatic heterocycles. The molecule has 0 amide bonds. The van der Waals surface area contributed by atoms with E-state index >= 15 is 0 Å². The maximum absolute atomic E-state index is 12.4. The lowest BCUT2D eigenvalue weighted by atomic mass is 9.69. The van der Waals surface area contributed by atoms with E-state index < -0.39 is 5.60 Å². The summed E-state index contributed by atoms with van der Waals surface area (Å²) in [6, 6.07) is 0. The minimum atomic E-state index is -1.10. The first kappa shape index (κ1) is 13.0. The van der Waals surface area contributed by atoms with Gasteiger partial charge in [-0.25, -0.2) is 0 Å². The second-order valence-corrected chi connectivity index (χ2v) is 5.68. The molecular weight excluding hydrogens is 216 g/mol. The lowest BCUT2D eigenvalue weighted by Gasteiger charge is -2.47. The van der Waals surface area contributed by atoms with Gasteiger partial charge in [-0.1, -0.05) is 13.8 Å². The van der Waals surface area contributed by atoms with Crippen molar-refractivity contribution in [3.8, 4) is 0 Å². The number of carbonyl (C=O) groups excluding carboxylic acids is 1. The molecule has 0 bridgehead atoms. The highest BCUT2D eigenvalue weighted by Gasteiger charge is 2.47. The van der Waals surface area contributed by atoms with Gasteiger partial charge in [0.15, 0.2) is 5.78 Å². The Kier molecular flexibility index (Phi) is 3.60. The SMILES string of the molecule is CCC(O)(CC)C(=O)C1CCOC2(CCC2)C1. The Hall–Kier alpha value is -0.410. The van der Waals surface area contributed by atoms with Crippen molar-refractivity contribution in [1.29, 1.82) is 0 Å². The molecule has 1 saturated heterocycles. The molecule has 0 aromatic carbocycles. The zero-order valence-corrected chi connectivity index (χ0v) is 11.0. The Morgan fingerprint density at radius 3 is 2.53 bits per heavy atom. The standard InChI is InChI=1S/C14H24O3/c1-3-14(16,4-2)12(15)11-6-9-17-13(10-11)7-5-8-13/h11,16H,3-10H2,1-2H3. The number of carbonyl (C=O) groups is 1. The fourth-order valence-corrected chi connectivity index (χ4v) is 3.15. The zero-order valence-electron chi connectivity index (χ0n) is 11.0. The van der Waals surface area contributed by atoms with Gasteiger partial charge < -0.3 is 9.84 Å². The minimum absolute atomic E-state index is 0.00829. The van der Waals surface area contributed by atoms with Crippen molar-refractivity contribution in [2.24, 2.45) is 5.92 Å². The summed E-state index contributed by atoms with van der Waals surface area (Å²) in [7, 11) is 0. The van der Waals surface area contributed by atoms with Crippen molar-refractivity contribution in [2.45, 2.75) is 70.0 Å². The minimum Gasteiger partial charge on any atom is -0.382 e. The van der Waals surface area contributed by atoms with E-state index in [1.165, 1.54) is 6.42 Å². The topological polar surface area (TPSA) is 46.5 Å². The van der Waals surface area contributed by atoms with Gasteiger partial charge in [0, 0.05) is 12.5 Å². The number of ether oxygens (including phenoxy) is 1. The molecule has 1 saturated carbocycles. The molecule has 3 heteroatoms. The molecule has 0 aromatic rings. The summed E-state index contributed by atoms with van der Waals surface area (Å²) < 4.78 is 5.83. The molecule has 0 radical (unpaired) electrons. The van der Waals surface area contributed by atoms with Crippen LogP contribution in [-0.4, -0.2) is 28.7 Å². The predicted molar refractivity (Wildman–Crippen MR) is 65.8 cm³/mol. The Labute approximate surface area is 104 Å². The van der Waals surface area contributed by atoms with Gasteiger partial charge in [0.2, 0.25) is 0 Å². The second-order valence-electron chi connectivity index (χ2n) is 5.68. The van der Waals surface area contributed by atoms with E-state index in [-0.39, 0.29) is 17.3 Å². The second kappa shape index (κ2) is 4.69. The van der Waals surface area contributed by atoms with E-state index in [9.17, 15) is 9.90 Å². The van der Waals surface area contributed by atoms with E-state index in [0.29, 0.717) is 19.4 Å². The number of ketones is 1. The molecule has 1 heterocycles. The highest BCUT2D eigenvalue weighted by Crippen LogP contribution is 2.45. The normalized spacial score (nSPS) is 27.8. The molecule has 1 aliphatic carbocycles. The van der Waals surface area contributed by atoms with Crippen molar-refractivity contribution in [3.05, 3.63) is 0 Å². The molecule has 3 nitrogen and oxygen atoms in total. The maximum atomic E-state index is 12.4. The number of aliphatic hydroxyl groups is 1. The third-order valence-electron chi connectivity index (χ3n) is 4.76. The third-order valence-corrected chi connectivity index (χ3v) is 4.76. The Bertz CT molecular complexity index is 290. The Morgan fingerprint density at radius 1 is 1.41 bits per heavy atom. The van der Waals surface area contributed by atoms with Crippen LogP contribution in [0.15, 0.2) is 0 Å². The molecule has 17 heavy (non-hydrogen) atoms. The van der Waals surface area contributed by atoms with Crippen LogP contribution in [0.4, 0.5) is 0 Å². The van der Waals surface area contributed by atoms with E-state index in [1.54, 1.807) is 0 Å². The first-order valence-corrected chi connectivity index (χ1v) is 6.96. The van der Waals surface area contributed by atoms with Crippen LogP contribution in [0.2, 0.25) is 0 Å². The van der Waals surface area contributed by atoms with Crippen molar-refractivity contribution in [1.82, 2.24) is 0 Å². The summed E-state index contributed by atoms with van der Waals surface area (Å²) >= 11 is 0. The molecule has 1 unspecified atom stereocenters. The van der Waals surface area contributed by atoms with Crippen LogP contribution >= 0.6 is 0 Å². The fraction of sp³-hybridized carbons (Fsp3) is 0.929. The number of hydrogen-bond donors (Lipinski definition) is 1. The lowest BCUT2D eigenvalue weighted by Crippen LogP contribution is -2.51. The van der Waals surface area contributed by atoms with Crippen molar-refractivity contribution < 1.29 is 14.6 Å². The van der Waals surface area contributed by atoms with Crippen molar-refractivity contribution >= 4 is 5.78 Å². The Balaban J connectivity index is 2.04. The highest BCUT2D eigenvalue weighted by atomic mass is 16.5. The lowest BCUT2D eigenvalue weighted by molar-refractivity contribution is -0.167. The number of hydrogen-bond acceptors (Lipinski definition) is 3. The predicted octanol–water partition coefficient (Wildman–Crippen LogP) is 2.46. The van der Waals surface area contributed by atoms with Gasteiger partial charge in [0.05, 0.1) is 5.60 Å². The van der Waals surface area contributed by atoms with E-state index in [2.05, 4.69) is 0 Å². The van der Waals surface area contributed by atoms with Gasteiger partial charge in [-0.15, -0.1) is 0 Å². The molecule has 1 atom stereocenters. The molecule has 98 valence electrons. The number of Topliss-reactive ketones (excluding diaryl/α,β-unsaturated/α-hetero) is 1. The summed E-state index contributed by atoms with van der Waals surface area (Å²) in [6.07, 6.45) is 6.05. The Morgan fingerprint density at radius 2 is 2.06 bits per heavy atom. The summed E-state index contributed by atoms with van der Waals surface area (Å²) in [5.41, 5.74) is -1.12. The summed E-state index contributed by atoms with van der Waals surface area (Å²) in [5.74, 6) is 0.0611. The molecule has 1 spiro atoms. The first-order valence-electron chi connectivity index (χ1n) is 6.96. The van der Waals surface area contributed by atoms with E-state index in [0.717, 1.165) is 25.7 Å². The summed E-state index contributed by atoms with van der Waals surface area (Å²) in [4.78, 5) is 12.4. The van der Waals surface area contributed by atoms with Crippen molar-refractivity contribution in [3.63, 3.8) is 0 Å². The van der Waals surface area contributed by atoms with Gasteiger partial charge in [-0.2, -0.15) is 0 Å². The van der Waals surface area contributed by atoms with Crippen LogP contribution < -0.4 is 0 Å². The largest absolute Gasteiger partial charge is 0.382 e. The fourth-order valence-electron chi connectivity index (χ4n) is 3.15. The van der Waals surface area contributed by atoms with Crippen LogP contribution in [0.5, 0.6) is 0 Å². The third kappa shape index (κ3) is 2.27. The zero-order chi connectivity index (χ0) is 12.5. The van der Waals surface area contributed by atoms with Crippen LogP contribution in [-0.2, 0) is 9.53 Å². The van der Waals surface area contributed by atoms with Gasteiger partial charge in [-0.3, -0.25) is 4.79 Å². The van der Waals surface area contributed by atoms with Gasteiger partial charge in [0.1, 0.15) is 5.60 Å². The van der Waals surface area contributed by atoms with E-state index in [1.807, 2.05) is 13.8 Å². The molecular formula is C14H24O3. The molecule has 2 rings (SSSR count). The molecule has 1 N–H and O–H groups in total. The van der Waals surface area contributed by atoms with Crippen LogP contribution in [0.3, 0.4) is 0 Å². The van der Waals surface area contributed by atoms with Crippen LogP contribution in [0.25, 0.3) is 0 Å². The number of rotatable bonds is 4. The average Bonchev–Trinajstić information content (AvgIpc) is 2.35. The van der Waals surface area contributed by atoms with Crippen LogP contribution in [0, 0.1) is 5.92 Å². The van der Waals surface area contributed by atoms with Gasteiger partial charge in [-0.05, 0) is 44.9 Å². The quantitative estimate of drug-likeness (QED) is 0.821. The monoisotopic (exact) mass is 240 g/mol. The van der Waals surface area contributed by atoms with Gasteiger partial charge in [0.25, 0.3) is 0 Å². The van der Waals surface area contributed by atoms with Crippen LogP contribution in [0.1, 0.15) is 58.8 Å². The van der Waals surface area contributed by atoms with Gasteiger partial charge >= 0.3 is 0 Å². The van der Waals surface area contributed by atoms with Crippen molar-refractivity contribution in [2.75, 3.05) is 6.61 Å². The highest BCUT2D eigenvalue weighted by molar-refractivity contribution is 5.89. The molecule has 2 fully saturated rings. The summed E-state index contributed by atoms with van der Waals surface area (Å²) in [6.45, 7) is 4.46. The first-order chi connectivity index (χ1) is 8.05. The smallest absolute Gasteiger partial charge is 0.167 e. The summed E-state index contributed by atoms with van der Waals surface area (Å²) in [5, 5.41) is 10.3. The molecule has 2 aliphatic rings.